The largest absolute Gasteiger partial charge is 0.465 e. The molecular weight excluding hydrogens is 538 g/mol. The molecule has 0 saturated carbocycles. The Hall–Kier alpha value is -4.76. The summed E-state index contributed by atoms with van der Waals surface area (Å²) in [6.45, 7) is 3.52. The Labute approximate surface area is 240 Å². The van der Waals surface area contributed by atoms with Gasteiger partial charge in [0.1, 0.15) is 10.8 Å². The first-order valence-corrected chi connectivity index (χ1v) is 14.0. The van der Waals surface area contributed by atoms with Gasteiger partial charge >= 0.3 is 11.9 Å². The average Bonchev–Trinajstić information content (AvgIpc) is 3.58. The lowest BCUT2D eigenvalue weighted by molar-refractivity contribution is -0.123. The number of methoxy groups -OCH3 is 1. The average molecular weight is 566 g/mol. The number of hydrogen-bond donors (Lipinski definition) is 2. The van der Waals surface area contributed by atoms with Gasteiger partial charge in [-0.1, -0.05) is 54.1 Å². The zero-order valence-electron chi connectivity index (χ0n) is 22.7. The molecule has 1 amide bonds. The van der Waals surface area contributed by atoms with Crippen LogP contribution in [-0.2, 0) is 27.1 Å². The van der Waals surface area contributed by atoms with Gasteiger partial charge in [0.25, 0.3) is 5.91 Å². The van der Waals surface area contributed by atoms with Crippen molar-refractivity contribution in [2.24, 2.45) is 0 Å². The van der Waals surface area contributed by atoms with Crippen LogP contribution in [0.5, 0.6) is 0 Å². The number of nitrogens with zero attached hydrogens (tertiary/aromatic N) is 1. The maximum atomic E-state index is 13.1. The SMILES string of the molecule is COC(=O)c1c(NC(=O)C(C)OC(=O)c2ccc3nc(-c4ccc(C)cc4)[nH]c3c2)sc2c1CCc1ccccc1-2. The third-order valence-electron chi connectivity index (χ3n) is 7.24. The molecular formula is C32H27N3O5S. The number of aryl methyl sites for hydroxylation is 2. The van der Waals surface area contributed by atoms with Crippen LogP contribution in [0.3, 0.4) is 0 Å². The topological polar surface area (TPSA) is 110 Å². The zero-order chi connectivity index (χ0) is 28.7. The first kappa shape index (κ1) is 26.5. The molecule has 0 aliphatic heterocycles. The lowest BCUT2D eigenvalue weighted by atomic mass is 9.89. The first-order chi connectivity index (χ1) is 19.8. The van der Waals surface area contributed by atoms with Crippen molar-refractivity contribution in [2.75, 3.05) is 12.4 Å². The summed E-state index contributed by atoms with van der Waals surface area (Å²) in [5.41, 5.74) is 7.21. The van der Waals surface area contributed by atoms with Crippen LogP contribution in [0.2, 0.25) is 0 Å². The lowest BCUT2D eigenvalue weighted by Gasteiger charge is -2.16. The number of hydrogen-bond acceptors (Lipinski definition) is 7. The number of carbonyl (C=O) groups is 3. The number of thiophene rings is 1. The normalized spacial score (nSPS) is 12.8. The third-order valence-corrected chi connectivity index (χ3v) is 8.42. The van der Waals surface area contributed by atoms with Crippen LogP contribution < -0.4 is 5.32 Å². The second-order valence-corrected chi connectivity index (χ2v) is 11.0. The number of imidazole rings is 1. The number of aromatic amines is 1. The number of H-pyrrole nitrogens is 1. The number of ether oxygens (including phenoxy) is 2. The smallest absolute Gasteiger partial charge is 0.341 e. The van der Waals surface area contributed by atoms with Crippen molar-refractivity contribution >= 4 is 45.2 Å². The van der Waals surface area contributed by atoms with E-state index in [0.29, 0.717) is 33.8 Å². The molecule has 1 unspecified atom stereocenters. The maximum absolute atomic E-state index is 13.1. The van der Waals surface area contributed by atoms with Crippen LogP contribution in [0.25, 0.3) is 32.9 Å². The molecule has 2 N–H and O–H groups in total. The summed E-state index contributed by atoms with van der Waals surface area (Å²) in [5, 5.41) is 3.19. The molecule has 0 fully saturated rings. The highest BCUT2D eigenvalue weighted by Crippen LogP contribution is 2.45. The number of anilines is 1. The number of aromatic nitrogens is 2. The van der Waals surface area contributed by atoms with Crippen molar-refractivity contribution in [2.45, 2.75) is 32.8 Å². The third kappa shape index (κ3) is 5.00. The summed E-state index contributed by atoms with van der Waals surface area (Å²) < 4.78 is 10.6. The van der Waals surface area contributed by atoms with E-state index in [9.17, 15) is 14.4 Å². The molecule has 1 aliphatic carbocycles. The van der Waals surface area contributed by atoms with E-state index in [1.807, 2.05) is 49.4 Å². The summed E-state index contributed by atoms with van der Waals surface area (Å²) in [5.74, 6) is -1.01. The zero-order valence-corrected chi connectivity index (χ0v) is 23.6. The first-order valence-electron chi connectivity index (χ1n) is 13.2. The lowest BCUT2D eigenvalue weighted by Crippen LogP contribution is -2.30. The summed E-state index contributed by atoms with van der Waals surface area (Å²) in [6.07, 6.45) is 0.341. The number of carbonyl (C=O) groups excluding carboxylic acids is 3. The van der Waals surface area contributed by atoms with Gasteiger partial charge in [-0.3, -0.25) is 4.79 Å². The second-order valence-electron chi connectivity index (χ2n) is 9.98. The van der Waals surface area contributed by atoms with E-state index in [4.69, 9.17) is 9.47 Å². The molecule has 2 aromatic heterocycles. The maximum Gasteiger partial charge on any atom is 0.341 e. The predicted molar refractivity (Wildman–Crippen MR) is 158 cm³/mol. The Balaban J connectivity index is 1.20. The Morgan fingerprint density at radius 3 is 2.56 bits per heavy atom. The molecule has 8 nitrogen and oxygen atoms in total. The van der Waals surface area contributed by atoms with E-state index >= 15 is 0 Å². The van der Waals surface area contributed by atoms with E-state index < -0.39 is 23.9 Å². The summed E-state index contributed by atoms with van der Waals surface area (Å²) >= 11 is 1.33. The van der Waals surface area contributed by atoms with Gasteiger partial charge in [-0.25, -0.2) is 14.6 Å². The van der Waals surface area contributed by atoms with Crippen LogP contribution in [0.15, 0.2) is 66.7 Å². The highest BCUT2D eigenvalue weighted by atomic mass is 32.1. The van der Waals surface area contributed by atoms with Crippen molar-refractivity contribution in [1.29, 1.82) is 0 Å². The highest BCUT2D eigenvalue weighted by molar-refractivity contribution is 7.20. The molecule has 6 rings (SSSR count). The minimum Gasteiger partial charge on any atom is -0.465 e. The van der Waals surface area contributed by atoms with Crippen LogP contribution in [-0.4, -0.2) is 41.0 Å². The molecule has 0 spiro atoms. The molecule has 5 aromatic rings. The molecule has 206 valence electrons. The van der Waals surface area contributed by atoms with Gasteiger partial charge in [0.15, 0.2) is 6.10 Å². The summed E-state index contributed by atoms with van der Waals surface area (Å²) in [4.78, 5) is 47.7. The molecule has 9 heteroatoms. The Morgan fingerprint density at radius 2 is 1.78 bits per heavy atom. The predicted octanol–water partition coefficient (Wildman–Crippen LogP) is 6.34. The quantitative estimate of drug-likeness (QED) is 0.233. The van der Waals surface area contributed by atoms with Crippen molar-refractivity contribution in [3.63, 3.8) is 0 Å². The molecule has 1 aliphatic rings. The number of rotatable bonds is 6. The number of nitrogens with one attached hydrogen (secondary N) is 2. The Morgan fingerprint density at radius 1 is 1.00 bits per heavy atom. The fourth-order valence-electron chi connectivity index (χ4n) is 5.03. The monoisotopic (exact) mass is 565 g/mol. The van der Waals surface area contributed by atoms with Gasteiger partial charge in [0.2, 0.25) is 0 Å². The van der Waals surface area contributed by atoms with E-state index in [2.05, 4.69) is 21.4 Å². The van der Waals surface area contributed by atoms with Gasteiger partial charge in [-0.05, 0) is 61.6 Å². The Kier molecular flexibility index (Phi) is 6.88. The van der Waals surface area contributed by atoms with Crippen LogP contribution in [0, 0.1) is 6.92 Å². The minimum atomic E-state index is -1.11. The van der Waals surface area contributed by atoms with Gasteiger partial charge < -0.3 is 19.8 Å². The summed E-state index contributed by atoms with van der Waals surface area (Å²) in [7, 11) is 1.32. The van der Waals surface area contributed by atoms with Crippen molar-refractivity contribution in [3.05, 3.63) is 94.5 Å². The summed E-state index contributed by atoms with van der Waals surface area (Å²) in [6, 6.07) is 21.0. The van der Waals surface area contributed by atoms with Crippen LogP contribution in [0.1, 0.15) is 44.3 Å². The molecule has 41 heavy (non-hydrogen) atoms. The van der Waals surface area contributed by atoms with Crippen LogP contribution in [0.4, 0.5) is 5.00 Å². The highest BCUT2D eigenvalue weighted by Gasteiger charge is 2.30. The van der Waals surface area contributed by atoms with Gasteiger partial charge in [-0.15, -0.1) is 11.3 Å². The molecule has 0 saturated heterocycles. The molecule has 0 radical (unpaired) electrons. The van der Waals surface area contributed by atoms with Gasteiger partial charge in [0.05, 0.1) is 29.3 Å². The van der Waals surface area contributed by atoms with Crippen molar-refractivity contribution in [1.82, 2.24) is 9.97 Å². The standard InChI is InChI=1S/C32H27N3O5S/c1-17-8-10-20(11-9-17)28-33-24-15-13-21(16-25(24)34-28)31(37)40-18(2)29(36)35-30-26(32(38)39-3)23-14-12-19-6-4-5-7-22(19)27(23)41-30/h4-11,13,15-16,18H,12,14H2,1-3H3,(H,33,34)(H,35,36). The van der Waals surface area contributed by atoms with Crippen LogP contribution >= 0.6 is 11.3 Å². The second kappa shape index (κ2) is 10.7. The molecule has 3 aromatic carbocycles. The number of fused-ring (bicyclic) bond motifs is 4. The van der Waals surface area contributed by atoms with Crippen molar-refractivity contribution in [3.8, 4) is 21.8 Å². The molecule has 2 heterocycles. The number of amides is 1. The van der Waals surface area contributed by atoms with E-state index in [1.54, 1.807) is 18.2 Å². The Bertz CT molecular complexity index is 1820. The molecule has 1 atom stereocenters. The van der Waals surface area contributed by atoms with E-state index in [-0.39, 0.29) is 5.56 Å². The minimum absolute atomic E-state index is 0.287. The van der Waals surface area contributed by atoms with Gasteiger partial charge in [0, 0.05) is 10.4 Å². The van der Waals surface area contributed by atoms with Gasteiger partial charge in [-0.2, -0.15) is 0 Å². The number of esters is 2. The van der Waals surface area contributed by atoms with E-state index in [1.165, 1.54) is 30.9 Å². The molecule has 0 bridgehead atoms. The fourth-order valence-corrected chi connectivity index (χ4v) is 6.33. The van der Waals surface area contributed by atoms with E-state index in [0.717, 1.165) is 33.6 Å². The fraction of sp³-hybridized carbons (Fsp3) is 0.188. The number of benzene rings is 3. The van der Waals surface area contributed by atoms with Crippen molar-refractivity contribution < 1.29 is 23.9 Å².